The molecule has 1 N–H and O–H groups in total. The van der Waals surface area contributed by atoms with Crippen LogP contribution in [0.1, 0.15) is 18.0 Å². The molecule has 0 saturated carbocycles. The minimum atomic E-state index is 0.544. The van der Waals surface area contributed by atoms with E-state index in [1.54, 1.807) is 0 Å². The lowest BCUT2D eigenvalue weighted by Crippen LogP contribution is -2.09. The Hall–Kier alpha value is -1.48. The second kappa shape index (κ2) is 3.59. The smallest absolute Gasteiger partial charge is 0.0929 e. The first-order valence-electron chi connectivity index (χ1n) is 5.36. The van der Waals surface area contributed by atoms with Gasteiger partial charge in [-0.1, -0.05) is 18.2 Å². The van der Waals surface area contributed by atoms with Crippen molar-refractivity contribution in [1.82, 2.24) is 15.5 Å². The molecule has 0 radical (unpaired) electrons. The van der Waals surface area contributed by atoms with Gasteiger partial charge in [-0.2, -0.15) is 10.2 Å². The van der Waals surface area contributed by atoms with Gasteiger partial charge < -0.3 is 5.32 Å². The Kier molecular flexibility index (Phi) is 2.10. The number of nitrogens with one attached hydrogen (secondary N) is 1. The molecule has 0 aliphatic carbocycles. The summed E-state index contributed by atoms with van der Waals surface area (Å²) in [6.45, 7) is 2.13. The highest BCUT2D eigenvalue weighted by molar-refractivity contribution is 5.78. The molecule has 1 saturated heterocycles. The third kappa shape index (κ3) is 1.59. The SMILES string of the molecule is c1ccc2nnc(C3CCNC3)cc2c1. The van der Waals surface area contributed by atoms with Crippen molar-refractivity contribution in [3.05, 3.63) is 36.0 Å². The normalized spacial score (nSPS) is 20.9. The lowest BCUT2D eigenvalue weighted by molar-refractivity contribution is 0.719. The summed E-state index contributed by atoms with van der Waals surface area (Å²) in [5.41, 5.74) is 2.10. The molecule has 0 amide bonds. The Bertz CT molecular complexity index is 475. The van der Waals surface area contributed by atoms with E-state index in [9.17, 15) is 0 Å². The van der Waals surface area contributed by atoms with Crippen molar-refractivity contribution in [2.75, 3.05) is 13.1 Å². The molecule has 1 aromatic heterocycles. The van der Waals surface area contributed by atoms with Gasteiger partial charge in [0.2, 0.25) is 0 Å². The van der Waals surface area contributed by atoms with E-state index in [1.807, 2.05) is 18.2 Å². The summed E-state index contributed by atoms with van der Waals surface area (Å²) in [6, 6.07) is 10.3. The van der Waals surface area contributed by atoms with Crippen LogP contribution in [0.5, 0.6) is 0 Å². The van der Waals surface area contributed by atoms with Gasteiger partial charge in [-0.25, -0.2) is 0 Å². The molecular formula is C12H13N3. The number of aromatic nitrogens is 2. The highest BCUT2D eigenvalue weighted by Gasteiger charge is 2.18. The topological polar surface area (TPSA) is 37.8 Å². The number of hydrogen-bond acceptors (Lipinski definition) is 3. The molecule has 2 aromatic rings. The fourth-order valence-corrected chi connectivity index (χ4v) is 2.11. The summed E-state index contributed by atoms with van der Waals surface area (Å²) >= 11 is 0. The fourth-order valence-electron chi connectivity index (χ4n) is 2.11. The van der Waals surface area contributed by atoms with Gasteiger partial charge in [0, 0.05) is 17.8 Å². The zero-order chi connectivity index (χ0) is 10.1. The Morgan fingerprint density at radius 1 is 1.20 bits per heavy atom. The van der Waals surface area contributed by atoms with Crippen molar-refractivity contribution < 1.29 is 0 Å². The molecule has 15 heavy (non-hydrogen) atoms. The highest BCUT2D eigenvalue weighted by atomic mass is 15.1. The zero-order valence-corrected chi connectivity index (χ0v) is 8.48. The lowest BCUT2D eigenvalue weighted by Gasteiger charge is -2.07. The number of rotatable bonds is 1. The average Bonchev–Trinajstić information content (AvgIpc) is 2.82. The summed E-state index contributed by atoms with van der Waals surface area (Å²) in [7, 11) is 0. The standard InChI is InChI=1S/C12H13N3/c1-2-4-11-9(3-1)7-12(15-14-11)10-5-6-13-8-10/h1-4,7,10,13H,5-6,8H2. The fraction of sp³-hybridized carbons (Fsp3) is 0.333. The Morgan fingerprint density at radius 3 is 3.00 bits per heavy atom. The lowest BCUT2D eigenvalue weighted by atomic mass is 10.0. The van der Waals surface area contributed by atoms with E-state index < -0.39 is 0 Å². The molecule has 1 aliphatic heterocycles. The molecule has 1 aromatic carbocycles. The van der Waals surface area contributed by atoms with Crippen LogP contribution in [-0.2, 0) is 0 Å². The number of fused-ring (bicyclic) bond motifs is 1. The minimum absolute atomic E-state index is 0.544. The third-order valence-corrected chi connectivity index (χ3v) is 2.99. The molecule has 3 rings (SSSR count). The van der Waals surface area contributed by atoms with Gasteiger partial charge in [0.05, 0.1) is 11.2 Å². The van der Waals surface area contributed by atoms with E-state index in [2.05, 4.69) is 27.6 Å². The van der Waals surface area contributed by atoms with Gasteiger partial charge in [-0.3, -0.25) is 0 Å². The molecule has 1 aliphatic rings. The van der Waals surface area contributed by atoms with Crippen LogP contribution in [0.3, 0.4) is 0 Å². The van der Waals surface area contributed by atoms with Crippen LogP contribution in [-0.4, -0.2) is 23.3 Å². The van der Waals surface area contributed by atoms with Crippen molar-refractivity contribution >= 4 is 10.9 Å². The van der Waals surface area contributed by atoms with Crippen LogP contribution < -0.4 is 5.32 Å². The second-order valence-corrected chi connectivity index (χ2v) is 4.02. The van der Waals surface area contributed by atoms with Gasteiger partial charge >= 0.3 is 0 Å². The molecule has 1 atom stereocenters. The Balaban J connectivity index is 2.05. The van der Waals surface area contributed by atoms with Gasteiger partial charge in [-0.05, 0) is 25.1 Å². The molecule has 3 heteroatoms. The summed E-state index contributed by atoms with van der Waals surface area (Å²) in [6.07, 6.45) is 1.17. The van der Waals surface area contributed by atoms with E-state index in [0.717, 1.165) is 24.3 Å². The van der Waals surface area contributed by atoms with Crippen LogP contribution in [0.25, 0.3) is 10.9 Å². The molecule has 0 bridgehead atoms. The largest absolute Gasteiger partial charge is 0.316 e. The van der Waals surface area contributed by atoms with Crippen LogP contribution in [0, 0.1) is 0 Å². The van der Waals surface area contributed by atoms with Crippen molar-refractivity contribution in [3.63, 3.8) is 0 Å². The van der Waals surface area contributed by atoms with Gasteiger partial charge in [-0.15, -0.1) is 0 Å². The minimum Gasteiger partial charge on any atom is -0.316 e. The second-order valence-electron chi connectivity index (χ2n) is 4.02. The summed E-state index contributed by atoms with van der Waals surface area (Å²) < 4.78 is 0. The molecule has 0 spiro atoms. The molecule has 2 heterocycles. The molecule has 76 valence electrons. The molecular weight excluding hydrogens is 186 g/mol. The van der Waals surface area contributed by atoms with E-state index in [-0.39, 0.29) is 0 Å². The first-order valence-corrected chi connectivity index (χ1v) is 5.36. The predicted molar refractivity (Wildman–Crippen MR) is 59.8 cm³/mol. The third-order valence-electron chi connectivity index (χ3n) is 2.99. The van der Waals surface area contributed by atoms with Crippen molar-refractivity contribution in [2.45, 2.75) is 12.3 Å². The van der Waals surface area contributed by atoms with Crippen molar-refractivity contribution in [1.29, 1.82) is 0 Å². The maximum atomic E-state index is 4.30. The Morgan fingerprint density at radius 2 is 2.13 bits per heavy atom. The maximum Gasteiger partial charge on any atom is 0.0929 e. The van der Waals surface area contributed by atoms with Crippen molar-refractivity contribution in [2.24, 2.45) is 0 Å². The van der Waals surface area contributed by atoms with Gasteiger partial charge in [0.15, 0.2) is 0 Å². The van der Waals surface area contributed by atoms with Crippen LogP contribution in [0.2, 0.25) is 0 Å². The maximum absolute atomic E-state index is 4.30. The van der Waals surface area contributed by atoms with Crippen LogP contribution >= 0.6 is 0 Å². The van der Waals surface area contributed by atoms with E-state index in [0.29, 0.717) is 5.92 Å². The quantitative estimate of drug-likeness (QED) is 0.759. The van der Waals surface area contributed by atoms with Gasteiger partial charge in [0.1, 0.15) is 0 Å². The van der Waals surface area contributed by atoms with Crippen LogP contribution in [0.15, 0.2) is 30.3 Å². The molecule has 3 nitrogen and oxygen atoms in total. The molecule has 1 unspecified atom stereocenters. The summed E-state index contributed by atoms with van der Waals surface area (Å²) in [5, 5.41) is 13.1. The molecule has 1 fully saturated rings. The van der Waals surface area contributed by atoms with Gasteiger partial charge in [0.25, 0.3) is 0 Å². The first kappa shape index (κ1) is 8.80. The van der Waals surface area contributed by atoms with E-state index in [1.165, 1.54) is 11.8 Å². The number of nitrogens with zero attached hydrogens (tertiary/aromatic N) is 2. The predicted octanol–water partition coefficient (Wildman–Crippen LogP) is 1.71. The van der Waals surface area contributed by atoms with E-state index >= 15 is 0 Å². The first-order chi connectivity index (χ1) is 7.43. The number of hydrogen-bond donors (Lipinski definition) is 1. The average molecular weight is 199 g/mol. The number of benzene rings is 1. The zero-order valence-electron chi connectivity index (χ0n) is 8.48. The highest BCUT2D eigenvalue weighted by Crippen LogP contribution is 2.22. The monoisotopic (exact) mass is 199 g/mol. The van der Waals surface area contributed by atoms with Crippen LogP contribution in [0.4, 0.5) is 0 Å². The Labute approximate surface area is 88.5 Å². The van der Waals surface area contributed by atoms with Crippen molar-refractivity contribution in [3.8, 4) is 0 Å². The summed E-state index contributed by atoms with van der Waals surface area (Å²) in [5.74, 6) is 0.544. The van der Waals surface area contributed by atoms with E-state index in [4.69, 9.17) is 0 Å². The summed E-state index contributed by atoms with van der Waals surface area (Å²) in [4.78, 5) is 0.